The van der Waals surface area contributed by atoms with Gasteiger partial charge in [0.25, 0.3) is 0 Å². The number of hydrogen-bond donors (Lipinski definition) is 1. The van der Waals surface area contributed by atoms with Crippen LogP contribution in [0.5, 0.6) is 0 Å². The SMILES string of the molecule is Cc1ccc(C)c(C(N)c2ccnc3ccccc23)c1. The molecule has 0 saturated heterocycles. The van der Waals surface area contributed by atoms with Gasteiger partial charge in [-0.1, -0.05) is 42.0 Å². The van der Waals surface area contributed by atoms with Gasteiger partial charge in [0.2, 0.25) is 0 Å². The largest absolute Gasteiger partial charge is 0.320 e. The molecule has 0 spiro atoms. The summed E-state index contributed by atoms with van der Waals surface area (Å²) in [5.41, 5.74) is 12.3. The third-order valence-electron chi connectivity index (χ3n) is 3.79. The van der Waals surface area contributed by atoms with E-state index in [0.717, 1.165) is 16.5 Å². The topological polar surface area (TPSA) is 38.9 Å². The summed E-state index contributed by atoms with van der Waals surface area (Å²) in [5.74, 6) is 0. The van der Waals surface area contributed by atoms with Crippen LogP contribution < -0.4 is 5.73 Å². The summed E-state index contributed by atoms with van der Waals surface area (Å²) in [5, 5.41) is 1.13. The zero-order valence-electron chi connectivity index (χ0n) is 11.8. The molecule has 0 saturated carbocycles. The molecule has 100 valence electrons. The first kappa shape index (κ1) is 12.8. The summed E-state index contributed by atoms with van der Waals surface area (Å²) in [7, 11) is 0. The number of nitrogens with two attached hydrogens (primary N) is 1. The van der Waals surface area contributed by atoms with Gasteiger partial charge in [0.15, 0.2) is 0 Å². The maximum absolute atomic E-state index is 6.52. The molecular formula is C18H18N2. The lowest BCUT2D eigenvalue weighted by Crippen LogP contribution is -2.14. The van der Waals surface area contributed by atoms with Crippen LogP contribution in [0.15, 0.2) is 54.7 Å². The van der Waals surface area contributed by atoms with Crippen molar-refractivity contribution in [2.24, 2.45) is 5.73 Å². The maximum Gasteiger partial charge on any atom is 0.0705 e. The van der Waals surface area contributed by atoms with E-state index in [-0.39, 0.29) is 6.04 Å². The molecular weight excluding hydrogens is 244 g/mol. The van der Waals surface area contributed by atoms with Crippen molar-refractivity contribution in [3.05, 3.63) is 77.0 Å². The molecule has 0 aliphatic heterocycles. The summed E-state index contributed by atoms with van der Waals surface area (Å²) >= 11 is 0. The van der Waals surface area contributed by atoms with Crippen LogP contribution in [0.1, 0.15) is 28.3 Å². The number of fused-ring (bicyclic) bond motifs is 1. The van der Waals surface area contributed by atoms with Crippen LogP contribution in [0.4, 0.5) is 0 Å². The van der Waals surface area contributed by atoms with E-state index in [0.29, 0.717) is 0 Å². The minimum atomic E-state index is -0.122. The van der Waals surface area contributed by atoms with Gasteiger partial charge < -0.3 is 5.73 Å². The third kappa shape index (κ3) is 2.19. The summed E-state index contributed by atoms with van der Waals surface area (Å²) in [6.07, 6.45) is 1.84. The highest BCUT2D eigenvalue weighted by Crippen LogP contribution is 2.28. The minimum absolute atomic E-state index is 0.122. The van der Waals surface area contributed by atoms with E-state index >= 15 is 0 Å². The number of hydrogen-bond acceptors (Lipinski definition) is 2. The van der Waals surface area contributed by atoms with Crippen molar-refractivity contribution in [3.63, 3.8) is 0 Å². The van der Waals surface area contributed by atoms with Crippen molar-refractivity contribution >= 4 is 10.9 Å². The molecule has 1 atom stereocenters. The molecule has 0 aliphatic rings. The molecule has 0 aliphatic carbocycles. The van der Waals surface area contributed by atoms with Gasteiger partial charge in [-0.25, -0.2) is 0 Å². The maximum atomic E-state index is 6.52. The predicted octanol–water partition coefficient (Wildman–Crippen LogP) is 3.90. The summed E-state index contributed by atoms with van der Waals surface area (Å²) in [6.45, 7) is 4.21. The van der Waals surface area contributed by atoms with Crippen LogP contribution in [0, 0.1) is 13.8 Å². The van der Waals surface area contributed by atoms with E-state index < -0.39 is 0 Å². The van der Waals surface area contributed by atoms with Crippen LogP contribution in [-0.4, -0.2) is 4.98 Å². The Balaban J connectivity index is 2.17. The van der Waals surface area contributed by atoms with Gasteiger partial charge in [-0.05, 0) is 42.7 Å². The van der Waals surface area contributed by atoms with E-state index in [1.807, 2.05) is 30.5 Å². The molecule has 3 aromatic rings. The van der Waals surface area contributed by atoms with Gasteiger partial charge in [-0.3, -0.25) is 4.98 Å². The monoisotopic (exact) mass is 262 g/mol. The van der Waals surface area contributed by atoms with Crippen LogP contribution in [0.3, 0.4) is 0 Å². The highest BCUT2D eigenvalue weighted by atomic mass is 14.7. The Labute approximate surface area is 119 Å². The fraction of sp³-hybridized carbons (Fsp3) is 0.167. The zero-order chi connectivity index (χ0) is 14.1. The molecule has 2 N–H and O–H groups in total. The summed E-state index contributed by atoms with van der Waals surface area (Å²) < 4.78 is 0. The van der Waals surface area contributed by atoms with Gasteiger partial charge in [-0.15, -0.1) is 0 Å². The molecule has 0 fully saturated rings. The number of nitrogens with zero attached hydrogens (tertiary/aromatic N) is 1. The van der Waals surface area contributed by atoms with Crippen LogP contribution in [0.25, 0.3) is 10.9 Å². The second-order valence-electron chi connectivity index (χ2n) is 5.26. The zero-order valence-corrected chi connectivity index (χ0v) is 11.8. The molecule has 2 aromatic carbocycles. The lowest BCUT2D eigenvalue weighted by molar-refractivity contribution is 0.866. The minimum Gasteiger partial charge on any atom is -0.320 e. The van der Waals surface area contributed by atoms with Crippen LogP contribution >= 0.6 is 0 Å². The normalized spacial score (nSPS) is 12.6. The Morgan fingerprint density at radius 3 is 2.60 bits per heavy atom. The number of pyridine rings is 1. The Kier molecular flexibility index (Phi) is 3.25. The van der Waals surface area contributed by atoms with E-state index in [4.69, 9.17) is 5.73 Å². The molecule has 1 aromatic heterocycles. The standard InChI is InChI=1S/C18H18N2/c1-12-7-8-13(2)16(11-12)18(19)15-9-10-20-17-6-4-3-5-14(15)17/h3-11,18H,19H2,1-2H3. The second-order valence-corrected chi connectivity index (χ2v) is 5.26. The van der Waals surface area contributed by atoms with Crippen molar-refractivity contribution < 1.29 is 0 Å². The predicted molar refractivity (Wildman–Crippen MR) is 83.7 cm³/mol. The highest BCUT2D eigenvalue weighted by molar-refractivity contribution is 5.82. The van der Waals surface area contributed by atoms with Crippen molar-refractivity contribution in [1.82, 2.24) is 4.98 Å². The molecule has 20 heavy (non-hydrogen) atoms. The Morgan fingerprint density at radius 1 is 0.950 bits per heavy atom. The lowest BCUT2D eigenvalue weighted by atomic mass is 9.92. The molecule has 3 rings (SSSR count). The fourth-order valence-electron chi connectivity index (χ4n) is 2.65. The van der Waals surface area contributed by atoms with Crippen molar-refractivity contribution in [1.29, 1.82) is 0 Å². The molecule has 2 heteroatoms. The molecule has 2 nitrogen and oxygen atoms in total. The van der Waals surface area contributed by atoms with E-state index in [2.05, 4.69) is 43.1 Å². The number of rotatable bonds is 2. The first-order chi connectivity index (χ1) is 9.66. The molecule has 0 amide bonds. The van der Waals surface area contributed by atoms with Gasteiger partial charge in [0, 0.05) is 11.6 Å². The number of benzene rings is 2. The van der Waals surface area contributed by atoms with Gasteiger partial charge in [0.05, 0.1) is 11.6 Å². The van der Waals surface area contributed by atoms with Crippen molar-refractivity contribution in [3.8, 4) is 0 Å². The Hall–Kier alpha value is -2.19. The molecule has 1 unspecified atom stereocenters. The molecule has 0 radical (unpaired) electrons. The van der Waals surface area contributed by atoms with Gasteiger partial charge >= 0.3 is 0 Å². The van der Waals surface area contributed by atoms with Crippen LogP contribution in [-0.2, 0) is 0 Å². The first-order valence-corrected chi connectivity index (χ1v) is 6.83. The summed E-state index contributed by atoms with van der Waals surface area (Å²) in [4.78, 5) is 4.40. The van der Waals surface area contributed by atoms with Gasteiger partial charge in [-0.2, -0.15) is 0 Å². The Bertz CT molecular complexity index is 757. The highest BCUT2D eigenvalue weighted by Gasteiger charge is 2.14. The van der Waals surface area contributed by atoms with Crippen molar-refractivity contribution in [2.45, 2.75) is 19.9 Å². The fourth-order valence-corrected chi connectivity index (χ4v) is 2.65. The van der Waals surface area contributed by atoms with E-state index in [1.54, 1.807) is 0 Å². The van der Waals surface area contributed by atoms with E-state index in [9.17, 15) is 0 Å². The van der Waals surface area contributed by atoms with Crippen molar-refractivity contribution in [2.75, 3.05) is 0 Å². The molecule has 1 heterocycles. The summed E-state index contributed by atoms with van der Waals surface area (Å²) in [6, 6.07) is 16.5. The van der Waals surface area contributed by atoms with Gasteiger partial charge in [0.1, 0.15) is 0 Å². The average molecular weight is 262 g/mol. The second kappa shape index (κ2) is 5.06. The molecule has 0 bridgehead atoms. The number of para-hydroxylation sites is 1. The quantitative estimate of drug-likeness (QED) is 0.760. The number of aryl methyl sites for hydroxylation is 2. The average Bonchev–Trinajstić information content (AvgIpc) is 2.48. The van der Waals surface area contributed by atoms with Crippen LogP contribution in [0.2, 0.25) is 0 Å². The Morgan fingerprint density at radius 2 is 1.75 bits per heavy atom. The first-order valence-electron chi connectivity index (χ1n) is 6.83. The lowest BCUT2D eigenvalue weighted by Gasteiger charge is -2.17. The smallest absolute Gasteiger partial charge is 0.0705 e. The van der Waals surface area contributed by atoms with E-state index in [1.165, 1.54) is 16.7 Å². The third-order valence-corrected chi connectivity index (χ3v) is 3.79. The number of aromatic nitrogens is 1.